The van der Waals surface area contributed by atoms with E-state index in [9.17, 15) is 4.79 Å². The molecule has 2 nitrogen and oxygen atoms in total. The third-order valence-electron chi connectivity index (χ3n) is 2.51. The van der Waals surface area contributed by atoms with Gasteiger partial charge in [0.2, 0.25) is 0 Å². The summed E-state index contributed by atoms with van der Waals surface area (Å²) in [7, 11) is 0. The smallest absolute Gasteiger partial charge is 0.158 e. The van der Waals surface area contributed by atoms with Crippen LogP contribution in [0.15, 0.2) is 30.3 Å². The van der Waals surface area contributed by atoms with E-state index in [1.807, 2.05) is 30.3 Å². The van der Waals surface area contributed by atoms with E-state index in [1.165, 1.54) is 6.92 Å². The summed E-state index contributed by atoms with van der Waals surface area (Å²) < 4.78 is 0. The highest BCUT2D eigenvalue weighted by atomic mass is 16.1. The molecule has 1 aromatic rings. The zero-order valence-electron chi connectivity index (χ0n) is 7.45. The molecule has 1 aliphatic rings. The minimum Gasteiger partial charge on any atom is -0.312 e. The predicted octanol–water partition coefficient (Wildman–Crippen LogP) is 1.46. The lowest BCUT2D eigenvalue weighted by atomic mass is 9.90. The first kappa shape index (κ1) is 8.20. The highest BCUT2D eigenvalue weighted by molar-refractivity contribution is 5.94. The Hall–Kier alpha value is -1.41. The maximum atomic E-state index is 11.4. The molecule has 1 atom stereocenters. The van der Waals surface area contributed by atoms with Gasteiger partial charge in [0.15, 0.2) is 5.78 Å². The van der Waals surface area contributed by atoms with Gasteiger partial charge in [0, 0.05) is 0 Å². The van der Waals surface area contributed by atoms with Crippen molar-refractivity contribution in [3.8, 4) is 0 Å². The Bertz CT molecular complexity index is 395. The molecule has 2 N–H and O–H groups in total. The fraction of sp³-hybridized carbons (Fsp3) is 0.182. The molecule has 0 aromatic heterocycles. The first-order valence-electron chi connectivity index (χ1n) is 4.23. The molecular formula is C11H11NO. The summed E-state index contributed by atoms with van der Waals surface area (Å²) in [5.41, 5.74) is 7.03. The largest absolute Gasteiger partial charge is 0.312 e. The van der Waals surface area contributed by atoms with Gasteiger partial charge in [0.1, 0.15) is 5.54 Å². The zero-order valence-corrected chi connectivity index (χ0v) is 7.45. The van der Waals surface area contributed by atoms with Crippen LogP contribution in [0, 0.1) is 0 Å². The fourth-order valence-corrected chi connectivity index (χ4v) is 1.64. The number of rotatable bonds is 1. The van der Waals surface area contributed by atoms with Crippen LogP contribution in [0.25, 0.3) is 6.08 Å². The van der Waals surface area contributed by atoms with Crippen molar-refractivity contribution in [2.45, 2.75) is 12.5 Å². The molecule has 0 unspecified atom stereocenters. The monoisotopic (exact) mass is 173 g/mol. The van der Waals surface area contributed by atoms with E-state index in [-0.39, 0.29) is 5.78 Å². The molecule has 0 spiro atoms. The summed E-state index contributed by atoms with van der Waals surface area (Å²) in [6, 6.07) is 7.70. The summed E-state index contributed by atoms with van der Waals surface area (Å²) >= 11 is 0. The maximum Gasteiger partial charge on any atom is 0.158 e. The average molecular weight is 173 g/mol. The van der Waals surface area contributed by atoms with Crippen molar-refractivity contribution in [2.24, 2.45) is 5.73 Å². The molecule has 66 valence electrons. The van der Waals surface area contributed by atoms with Crippen LogP contribution in [-0.4, -0.2) is 5.78 Å². The summed E-state index contributed by atoms with van der Waals surface area (Å²) in [5.74, 6) is -0.0197. The van der Waals surface area contributed by atoms with E-state index in [1.54, 1.807) is 6.08 Å². The van der Waals surface area contributed by atoms with Crippen LogP contribution < -0.4 is 5.73 Å². The topological polar surface area (TPSA) is 43.1 Å². The van der Waals surface area contributed by atoms with Crippen LogP contribution in [0.5, 0.6) is 0 Å². The number of benzene rings is 1. The van der Waals surface area contributed by atoms with Gasteiger partial charge in [0.25, 0.3) is 0 Å². The van der Waals surface area contributed by atoms with E-state index in [2.05, 4.69) is 0 Å². The van der Waals surface area contributed by atoms with Gasteiger partial charge < -0.3 is 5.73 Å². The number of carbonyl (C=O) groups excluding carboxylic acids is 1. The third kappa shape index (κ3) is 1.03. The highest BCUT2D eigenvalue weighted by Crippen LogP contribution is 2.31. The summed E-state index contributed by atoms with van der Waals surface area (Å²) in [4.78, 5) is 11.4. The molecular weight excluding hydrogens is 162 g/mol. The quantitative estimate of drug-likeness (QED) is 0.698. The Morgan fingerprint density at radius 2 is 2.08 bits per heavy atom. The molecule has 0 saturated heterocycles. The molecule has 1 aromatic carbocycles. The molecule has 0 radical (unpaired) electrons. The van der Waals surface area contributed by atoms with Crippen molar-refractivity contribution in [3.63, 3.8) is 0 Å². The van der Waals surface area contributed by atoms with Crippen LogP contribution in [0.1, 0.15) is 18.1 Å². The van der Waals surface area contributed by atoms with Crippen LogP contribution in [0.2, 0.25) is 0 Å². The SMILES string of the molecule is CC(=O)[C@@]1(N)C=Cc2ccccc21. The van der Waals surface area contributed by atoms with Gasteiger partial charge in [-0.1, -0.05) is 36.4 Å². The Morgan fingerprint density at radius 1 is 1.38 bits per heavy atom. The molecule has 0 heterocycles. The van der Waals surface area contributed by atoms with Gasteiger partial charge in [0.05, 0.1) is 0 Å². The number of ketones is 1. The molecule has 1 aliphatic carbocycles. The van der Waals surface area contributed by atoms with Crippen molar-refractivity contribution in [2.75, 3.05) is 0 Å². The van der Waals surface area contributed by atoms with Crippen LogP contribution in [-0.2, 0) is 10.3 Å². The second kappa shape index (κ2) is 2.54. The molecule has 2 rings (SSSR count). The first-order chi connectivity index (χ1) is 6.14. The maximum absolute atomic E-state index is 11.4. The molecule has 13 heavy (non-hydrogen) atoms. The van der Waals surface area contributed by atoms with E-state index in [4.69, 9.17) is 5.73 Å². The number of nitrogens with two attached hydrogens (primary N) is 1. The summed E-state index contributed by atoms with van der Waals surface area (Å²) in [6.45, 7) is 1.52. The van der Waals surface area contributed by atoms with E-state index in [0.717, 1.165) is 11.1 Å². The van der Waals surface area contributed by atoms with Gasteiger partial charge in [-0.2, -0.15) is 0 Å². The first-order valence-corrected chi connectivity index (χ1v) is 4.23. The Kier molecular flexibility index (Phi) is 1.60. The Labute approximate surface area is 77.1 Å². The Balaban J connectivity index is 2.61. The molecule has 2 heteroatoms. The summed E-state index contributed by atoms with van der Waals surface area (Å²) in [6.07, 6.45) is 3.66. The van der Waals surface area contributed by atoms with Gasteiger partial charge in [-0.25, -0.2) is 0 Å². The minimum absolute atomic E-state index is 0.0197. The number of carbonyl (C=O) groups is 1. The normalized spacial score (nSPS) is 24.5. The number of hydrogen-bond acceptors (Lipinski definition) is 2. The number of Topliss-reactive ketones (excluding diaryl/α,β-unsaturated/α-hetero) is 1. The summed E-state index contributed by atoms with van der Waals surface area (Å²) in [5, 5.41) is 0. The standard InChI is InChI=1S/C11H11NO/c1-8(13)11(12)7-6-9-4-2-3-5-10(9)11/h2-7H,12H2,1H3/t11-/m0/s1. The molecule has 0 bridgehead atoms. The van der Waals surface area contributed by atoms with Gasteiger partial charge in [-0.05, 0) is 18.1 Å². The van der Waals surface area contributed by atoms with E-state index >= 15 is 0 Å². The molecule has 0 amide bonds. The minimum atomic E-state index is -0.892. The second-order valence-electron chi connectivity index (χ2n) is 3.35. The van der Waals surface area contributed by atoms with Crippen molar-refractivity contribution in [3.05, 3.63) is 41.5 Å². The van der Waals surface area contributed by atoms with Gasteiger partial charge in [-0.3, -0.25) is 4.79 Å². The zero-order chi connectivity index (χ0) is 9.47. The lowest BCUT2D eigenvalue weighted by molar-refractivity contribution is -0.120. The Morgan fingerprint density at radius 3 is 2.77 bits per heavy atom. The number of fused-ring (bicyclic) bond motifs is 1. The lowest BCUT2D eigenvalue weighted by Crippen LogP contribution is -2.40. The van der Waals surface area contributed by atoms with Crippen molar-refractivity contribution in [1.82, 2.24) is 0 Å². The van der Waals surface area contributed by atoms with Crippen LogP contribution in [0.4, 0.5) is 0 Å². The van der Waals surface area contributed by atoms with Gasteiger partial charge >= 0.3 is 0 Å². The van der Waals surface area contributed by atoms with E-state index < -0.39 is 5.54 Å². The lowest BCUT2D eigenvalue weighted by Gasteiger charge is -2.20. The second-order valence-corrected chi connectivity index (χ2v) is 3.35. The molecule has 0 fully saturated rings. The fourth-order valence-electron chi connectivity index (χ4n) is 1.64. The van der Waals surface area contributed by atoms with Gasteiger partial charge in [-0.15, -0.1) is 0 Å². The van der Waals surface area contributed by atoms with E-state index in [0.29, 0.717) is 0 Å². The van der Waals surface area contributed by atoms with Crippen LogP contribution in [0.3, 0.4) is 0 Å². The van der Waals surface area contributed by atoms with Crippen molar-refractivity contribution >= 4 is 11.9 Å². The van der Waals surface area contributed by atoms with Crippen molar-refractivity contribution in [1.29, 1.82) is 0 Å². The number of hydrogen-bond donors (Lipinski definition) is 1. The van der Waals surface area contributed by atoms with Crippen molar-refractivity contribution < 1.29 is 4.79 Å². The third-order valence-corrected chi connectivity index (χ3v) is 2.51. The predicted molar refractivity (Wildman–Crippen MR) is 52.0 cm³/mol. The molecule has 0 saturated carbocycles. The average Bonchev–Trinajstić information content (AvgIpc) is 2.47. The van der Waals surface area contributed by atoms with Crippen LogP contribution >= 0.6 is 0 Å². The highest BCUT2D eigenvalue weighted by Gasteiger charge is 2.34. The molecule has 0 aliphatic heterocycles.